The van der Waals surface area contributed by atoms with Crippen LogP contribution in [0.4, 0.5) is 0 Å². The Kier molecular flexibility index (Phi) is 1.87. The first-order chi connectivity index (χ1) is 6.18. The van der Waals surface area contributed by atoms with Gasteiger partial charge in [0.15, 0.2) is 0 Å². The summed E-state index contributed by atoms with van der Waals surface area (Å²) in [5, 5.41) is 0. The van der Waals surface area contributed by atoms with Crippen molar-refractivity contribution in [1.29, 1.82) is 0 Å². The summed E-state index contributed by atoms with van der Waals surface area (Å²) < 4.78 is 9.63. The number of rotatable bonds is 2. The Balaban J connectivity index is 2.15. The summed E-state index contributed by atoms with van der Waals surface area (Å²) in [5.41, 5.74) is -0.122. The van der Waals surface area contributed by atoms with Crippen LogP contribution in [0.3, 0.4) is 0 Å². The Morgan fingerprint density at radius 1 is 1.46 bits per heavy atom. The van der Waals surface area contributed by atoms with Gasteiger partial charge in [-0.2, -0.15) is 0 Å². The molecule has 2 rings (SSSR count). The number of carbonyl (C=O) groups excluding carboxylic acids is 2. The van der Waals surface area contributed by atoms with Crippen molar-refractivity contribution in [2.75, 3.05) is 13.2 Å². The van der Waals surface area contributed by atoms with Crippen LogP contribution >= 0.6 is 0 Å². The minimum absolute atomic E-state index is 0.122. The van der Waals surface area contributed by atoms with E-state index in [-0.39, 0.29) is 23.7 Å². The molecule has 1 unspecified atom stereocenters. The molecule has 4 heteroatoms. The third-order valence-electron chi connectivity index (χ3n) is 3.09. The van der Waals surface area contributed by atoms with Gasteiger partial charge >= 0.3 is 11.9 Å². The molecule has 0 N–H and O–H groups in total. The highest BCUT2D eigenvalue weighted by Crippen LogP contribution is 2.43. The van der Waals surface area contributed by atoms with Crippen molar-refractivity contribution < 1.29 is 19.1 Å². The van der Waals surface area contributed by atoms with Crippen LogP contribution in [0, 0.1) is 11.3 Å². The Labute approximate surface area is 76.2 Å². The van der Waals surface area contributed by atoms with Gasteiger partial charge in [0.1, 0.15) is 0 Å². The molecule has 2 aliphatic rings. The lowest BCUT2D eigenvalue weighted by Crippen LogP contribution is -2.49. The summed E-state index contributed by atoms with van der Waals surface area (Å²) in [5.74, 6) is -1.02. The fourth-order valence-electron chi connectivity index (χ4n) is 1.96. The second-order valence-corrected chi connectivity index (χ2v) is 3.76. The van der Waals surface area contributed by atoms with Crippen LogP contribution in [0.1, 0.15) is 19.8 Å². The highest BCUT2D eigenvalue weighted by molar-refractivity contribution is 5.95. The first-order valence-electron chi connectivity index (χ1n) is 4.50. The van der Waals surface area contributed by atoms with E-state index in [4.69, 9.17) is 4.74 Å². The average molecular weight is 184 g/mol. The minimum Gasteiger partial charge on any atom is -0.393 e. The Morgan fingerprint density at radius 3 is 2.46 bits per heavy atom. The molecule has 2 fully saturated rings. The van der Waals surface area contributed by atoms with Gasteiger partial charge in [0.05, 0.1) is 25.6 Å². The second-order valence-electron chi connectivity index (χ2n) is 3.76. The lowest BCUT2D eigenvalue weighted by atomic mass is 9.71. The molecule has 0 aromatic carbocycles. The van der Waals surface area contributed by atoms with Crippen LogP contribution in [0.25, 0.3) is 0 Å². The molecule has 2 heterocycles. The number of ether oxygens (including phenoxy) is 2. The van der Waals surface area contributed by atoms with Gasteiger partial charge in [0.25, 0.3) is 0 Å². The van der Waals surface area contributed by atoms with Crippen molar-refractivity contribution >= 4 is 11.9 Å². The summed E-state index contributed by atoms with van der Waals surface area (Å²) in [6.45, 7) is 3.17. The molecule has 0 aromatic heterocycles. The summed E-state index contributed by atoms with van der Waals surface area (Å²) in [6, 6.07) is 0. The molecule has 0 aromatic rings. The van der Waals surface area contributed by atoms with Gasteiger partial charge in [-0.3, -0.25) is 9.59 Å². The van der Waals surface area contributed by atoms with Gasteiger partial charge in [-0.25, -0.2) is 0 Å². The van der Waals surface area contributed by atoms with Gasteiger partial charge < -0.3 is 9.47 Å². The molecule has 0 amide bonds. The van der Waals surface area contributed by atoms with E-state index in [0.717, 1.165) is 6.42 Å². The zero-order chi connectivity index (χ0) is 9.47. The standard InChI is InChI=1S/C9H12O4/c1-2-9(4-12-5-9)6-3-7(10)13-8(6)11/h6H,2-5H2,1H3. The molecule has 0 saturated carbocycles. The fourth-order valence-corrected chi connectivity index (χ4v) is 1.96. The van der Waals surface area contributed by atoms with Crippen LogP contribution < -0.4 is 0 Å². The van der Waals surface area contributed by atoms with Crippen molar-refractivity contribution in [2.45, 2.75) is 19.8 Å². The van der Waals surface area contributed by atoms with Crippen LogP contribution in [0.15, 0.2) is 0 Å². The van der Waals surface area contributed by atoms with Crippen LogP contribution in [0.2, 0.25) is 0 Å². The summed E-state index contributed by atoms with van der Waals surface area (Å²) in [7, 11) is 0. The van der Waals surface area contributed by atoms with Gasteiger partial charge in [0, 0.05) is 5.41 Å². The third kappa shape index (κ3) is 1.16. The molecule has 2 saturated heterocycles. The molecule has 2 aliphatic heterocycles. The smallest absolute Gasteiger partial charge is 0.317 e. The molecule has 13 heavy (non-hydrogen) atoms. The normalized spacial score (nSPS) is 31.3. The monoisotopic (exact) mass is 184 g/mol. The molecule has 72 valence electrons. The summed E-state index contributed by atoms with van der Waals surface area (Å²) in [4.78, 5) is 22.2. The first kappa shape index (κ1) is 8.69. The minimum atomic E-state index is -0.394. The quantitative estimate of drug-likeness (QED) is 0.463. The van der Waals surface area contributed by atoms with E-state index in [1.165, 1.54) is 0 Å². The van der Waals surface area contributed by atoms with Crippen LogP contribution in [0.5, 0.6) is 0 Å². The van der Waals surface area contributed by atoms with Crippen molar-refractivity contribution in [3.63, 3.8) is 0 Å². The van der Waals surface area contributed by atoms with E-state index >= 15 is 0 Å². The van der Waals surface area contributed by atoms with Gasteiger partial charge in [-0.1, -0.05) is 6.92 Å². The zero-order valence-electron chi connectivity index (χ0n) is 7.54. The topological polar surface area (TPSA) is 52.6 Å². The lowest BCUT2D eigenvalue weighted by Gasteiger charge is -2.43. The Bertz CT molecular complexity index is 249. The van der Waals surface area contributed by atoms with E-state index in [1.807, 2.05) is 6.92 Å². The lowest BCUT2D eigenvalue weighted by molar-refractivity contribution is -0.170. The van der Waals surface area contributed by atoms with E-state index in [0.29, 0.717) is 13.2 Å². The van der Waals surface area contributed by atoms with Gasteiger partial charge in [-0.15, -0.1) is 0 Å². The molecule has 4 nitrogen and oxygen atoms in total. The average Bonchev–Trinajstić information content (AvgIpc) is 2.30. The maximum absolute atomic E-state index is 11.3. The maximum atomic E-state index is 11.3. The highest BCUT2D eigenvalue weighted by Gasteiger charge is 2.52. The number of hydrogen-bond acceptors (Lipinski definition) is 4. The third-order valence-corrected chi connectivity index (χ3v) is 3.09. The Hall–Kier alpha value is -0.900. The number of hydrogen-bond donors (Lipinski definition) is 0. The van der Waals surface area contributed by atoms with E-state index in [1.54, 1.807) is 0 Å². The molecule has 0 bridgehead atoms. The summed E-state index contributed by atoms with van der Waals surface area (Å²) >= 11 is 0. The van der Waals surface area contributed by atoms with Gasteiger partial charge in [0.2, 0.25) is 0 Å². The second kappa shape index (κ2) is 2.80. The molecular weight excluding hydrogens is 172 g/mol. The highest BCUT2D eigenvalue weighted by atomic mass is 16.6. The van der Waals surface area contributed by atoms with Crippen molar-refractivity contribution in [1.82, 2.24) is 0 Å². The predicted octanol–water partition coefficient (Wildman–Crippen LogP) is 0.503. The molecule has 0 aliphatic carbocycles. The Morgan fingerprint density at radius 2 is 2.15 bits per heavy atom. The zero-order valence-corrected chi connectivity index (χ0v) is 7.54. The fraction of sp³-hybridized carbons (Fsp3) is 0.778. The van der Waals surface area contributed by atoms with Gasteiger partial charge in [-0.05, 0) is 6.42 Å². The number of esters is 2. The number of cyclic esters (lactones) is 2. The molecule has 1 atom stereocenters. The largest absolute Gasteiger partial charge is 0.393 e. The first-order valence-corrected chi connectivity index (χ1v) is 4.50. The predicted molar refractivity (Wildman–Crippen MR) is 42.7 cm³/mol. The van der Waals surface area contributed by atoms with Crippen molar-refractivity contribution in [2.24, 2.45) is 11.3 Å². The van der Waals surface area contributed by atoms with E-state index in [2.05, 4.69) is 4.74 Å². The molecule has 0 radical (unpaired) electrons. The van der Waals surface area contributed by atoms with E-state index in [9.17, 15) is 9.59 Å². The SMILES string of the molecule is CCC1(C2CC(=O)OC2=O)COC1. The van der Waals surface area contributed by atoms with Crippen LogP contribution in [-0.4, -0.2) is 25.2 Å². The molecular formula is C9H12O4. The maximum Gasteiger partial charge on any atom is 0.317 e. The molecule has 0 spiro atoms. The van der Waals surface area contributed by atoms with Crippen LogP contribution in [-0.2, 0) is 19.1 Å². The van der Waals surface area contributed by atoms with Crippen molar-refractivity contribution in [3.8, 4) is 0 Å². The van der Waals surface area contributed by atoms with Crippen molar-refractivity contribution in [3.05, 3.63) is 0 Å². The summed E-state index contributed by atoms with van der Waals surface area (Å²) in [6.07, 6.45) is 1.09. The van der Waals surface area contributed by atoms with E-state index < -0.39 is 5.97 Å². The number of carbonyl (C=O) groups is 2.